The van der Waals surface area contributed by atoms with E-state index in [2.05, 4.69) is 15.0 Å². The molecule has 2 aromatic rings. The van der Waals surface area contributed by atoms with Crippen LogP contribution in [0, 0.1) is 0 Å². The van der Waals surface area contributed by atoms with Gasteiger partial charge in [0.2, 0.25) is 11.9 Å². The number of nitrogens with zero attached hydrogens (tertiary/aromatic N) is 3. The highest BCUT2D eigenvalue weighted by atomic mass is 16.8. The SMILES string of the molecule is O=c1[nH]cnc2c1ncn2O[C@H]1CC[C@@H](CO)O1. The molecule has 1 aliphatic heterocycles. The molecule has 8 heteroatoms. The summed E-state index contributed by atoms with van der Waals surface area (Å²) in [5.74, 6) is 0. The zero-order valence-electron chi connectivity index (χ0n) is 9.44. The van der Waals surface area contributed by atoms with Crippen molar-refractivity contribution in [1.82, 2.24) is 19.7 Å². The summed E-state index contributed by atoms with van der Waals surface area (Å²) in [5, 5.41) is 8.96. The summed E-state index contributed by atoms with van der Waals surface area (Å²) in [7, 11) is 0. The Hall–Kier alpha value is -1.93. The van der Waals surface area contributed by atoms with Crippen LogP contribution >= 0.6 is 0 Å². The molecule has 0 radical (unpaired) electrons. The molecule has 0 unspecified atom stereocenters. The highest BCUT2D eigenvalue weighted by Gasteiger charge is 2.27. The standard InChI is InChI=1S/C10H12N4O4/c15-3-6-1-2-7(17-6)18-14-5-13-8-9(14)11-4-12-10(8)16/h4-7,15H,1-3H2,(H,11,12,16)/t6-,7-/m0/s1. The first-order valence-corrected chi connectivity index (χ1v) is 5.62. The van der Waals surface area contributed by atoms with E-state index in [-0.39, 0.29) is 23.8 Å². The van der Waals surface area contributed by atoms with Crippen LogP contribution in [0.4, 0.5) is 0 Å². The van der Waals surface area contributed by atoms with E-state index in [4.69, 9.17) is 14.7 Å². The van der Waals surface area contributed by atoms with Crippen molar-refractivity contribution in [2.24, 2.45) is 0 Å². The molecule has 1 saturated heterocycles. The van der Waals surface area contributed by atoms with E-state index in [1.54, 1.807) is 0 Å². The Bertz CT molecular complexity index is 607. The zero-order chi connectivity index (χ0) is 12.5. The summed E-state index contributed by atoms with van der Waals surface area (Å²) in [6.45, 7) is -0.0253. The highest BCUT2D eigenvalue weighted by molar-refractivity contribution is 5.68. The van der Waals surface area contributed by atoms with Gasteiger partial charge in [-0.3, -0.25) is 4.79 Å². The number of nitrogens with one attached hydrogen (secondary N) is 1. The Morgan fingerprint density at radius 3 is 3.22 bits per heavy atom. The van der Waals surface area contributed by atoms with Crippen LogP contribution in [0.15, 0.2) is 17.4 Å². The van der Waals surface area contributed by atoms with E-state index in [1.807, 2.05) is 0 Å². The fourth-order valence-electron chi connectivity index (χ4n) is 1.91. The molecule has 1 aliphatic rings. The van der Waals surface area contributed by atoms with Gasteiger partial charge in [-0.15, -0.1) is 4.73 Å². The lowest BCUT2D eigenvalue weighted by atomic mass is 10.2. The van der Waals surface area contributed by atoms with Crippen molar-refractivity contribution in [1.29, 1.82) is 0 Å². The molecular weight excluding hydrogens is 240 g/mol. The van der Waals surface area contributed by atoms with E-state index in [9.17, 15) is 4.79 Å². The third-order valence-electron chi connectivity index (χ3n) is 2.81. The van der Waals surface area contributed by atoms with Gasteiger partial charge >= 0.3 is 0 Å². The maximum absolute atomic E-state index is 11.4. The van der Waals surface area contributed by atoms with Crippen LogP contribution in [0.25, 0.3) is 11.2 Å². The van der Waals surface area contributed by atoms with Crippen LogP contribution in [0.5, 0.6) is 0 Å². The predicted molar refractivity (Wildman–Crippen MR) is 59.7 cm³/mol. The van der Waals surface area contributed by atoms with E-state index in [0.29, 0.717) is 12.1 Å². The van der Waals surface area contributed by atoms with Crippen molar-refractivity contribution < 1.29 is 14.7 Å². The Labute approximate surface area is 101 Å². The molecule has 1 fully saturated rings. The minimum Gasteiger partial charge on any atom is -0.394 e. The van der Waals surface area contributed by atoms with Gasteiger partial charge in [-0.25, -0.2) is 9.97 Å². The molecule has 18 heavy (non-hydrogen) atoms. The molecule has 3 heterocycles. The van der Waals surface area contributed by atoms with Crippen LogP contribution in [0.2, 0.25) is 0 Å². The first-order chi connectivity index (χ1) is 8.78. The van der Waals surface area contributed by atoms with Crippen LogP contribution in [-0.4, -0.2) is 43.8 Å². The number of rotatable bonds is 3. The minimum atomic E-state index is -0.458. The summed E-state index contributed by atoms with van der Waals surface area (Å²) in [4.78, 5) is 27.3. The monoisotopic (exact) mass is 252 g/mol. The molecule has 0 bridgehead atoms. The number of ether oxygens (including phenoxy) is 1. The van der Waals surface area contributed by atoms with Gasteiger partial charge in [-0.2, -0.15) is 0 Å². The fourth-order valence-corrected chi connectivity index (χ4v) is 1.91. The topological polar surface area (TPSA) is 102 Å². The van der Waals surface area contributed by atoms with Gasteiger partial charge < -0.3 is 19.7 Å². The van der Waals surface area contributed by atoms with Crippen molar-refractivity contribution in [3.05, 3.63) is 23.0 Å². The van der Waals surface area contributed by atoms with Gasteiger partial charge in [-0.1, -0.05) is 0 Å². The minimum absolute atomic E-state index is 0.0253. The molecule has 2 aromatic heterocycles. The van der Waals surface area contributed by atoms with Crippen molar-refractivity contribution in [3.63, 3.8) is 0 Å². The molecule has 3 rings (SSSR count). The molecular formula is C10H12N4O4. The fraction of sp³-hybridized carbons (Fsp3) is 0.500. The molecule has 0 aromatic carbocycles. The lowest BCUT2D eigenvalue weighted by Gasteiger charge is -2.14. The molecule has 0 amide bonds. The number of imidazole rings is 1. The van der Waals surface area contributed by atoms with Gasteiger partial charge in [0.05, 0.1) is 19.0 Å². The molecule has 0 aliphatic carbocycles. The molecule has 8 nitrogen and oxygen atoms in total. The van der Waals surface area contributed by atoms with Crippen LogP contribution in [0.3, 0.4) is 0 Å². The number of aromatic nitrogens is 4. The number of aliphatic hydroxyl groups is 1. The maximum Gasteiger partial charge on any atom is 0.279 e. The second kappa shape index (κ2) is 4.39. The summed E-state index contributed by atoms with van der Waals surface area (Å²) in [5.41, 5.74) is 0.243. The summed E-state index contributed by atoms with van der Waals surface area (Å²) in [6.07, 6.45) is 3.43. The van der Waals surface area contributed by atoms with E-state index in [1.165, 1.54) is 17.4 Å². The lowest BCUT2D eigenvalue weighted by Crippen LogP contribution is -2.26. The second-order valence-electron chi connectivity index (χ2n) is 4.03. The summed E-state index contributed by atoms with van der Waals surface area (Å²) < 4.78 is 6.74. The van der Waals surface area contributed by atoms with Crippen molar-refractivity contribution in [2.45, 2.75) is 25.2 Å². The second-order valence-corrected chi connectivity index (χ2v) is 4.03. The number of H-pyrrole nitrogens is 1. The largest absolute Gasteiger partial charge is 0.394 e. The van der Waals surface area contributed by atoms with Gasteiger partial charge in [0.25, 0.3) is 5.56 Å². The number of aliphatic hydroxyl groups excluding tert-OH is 1. The van der Waals surface area contributed by atoms with Gasteiger partial charge in [-0.05, 0) is 6.42 Å². The van der Waals surface area contributed by atoms with E-state index in [0.717, 1.165) is 6.42 Å². The van der Waals surface area contributed by atoms with Crippen molar-refractivity contribution >= 4 is 11.2 Å². The normalized spacial score (nSPS) is 23.6. The number of fused-ring (bicyclic) bond motifs is 1. The number of hydrogen-bond acceptors (Lipinski definition) is 6. The zero-order valence-corrected chi connectivity index (χ0v) is 9.44. The lowest BCUT2D eigenvalue weighted by molar-refractivity contribution is -0.140. The first-order valence-electron chi connectivity index (χ1n) is 5.62. The average molecular weight is 252 g/mol. The molecule has 0 spiro atoms. The Kier molecular flexibility index (Phi) is 2.73. The van der Waals surface area contributed by atoms with E-state index < -0.39 is 6.29 Å². The average Bonchev–Trinajstić information content (AvgIpc) is 2.98. The van der Waals surface area contributed by atoms with Crippen molar-refractivity contribution in [3.8, 4) is 0 Å². The predicted octanol–water partition coefficient (Wildman–Crippen LogP) is -0.954. The maximum atomic E-state index is 11.4. The van der Waals surface area contributed by atoms with Crippen LogP contribution in [0.1, 0.15) is 12.8 Å². The van der Waals surface area contributed by atoms with Crippen LogP contribution in [-0.2, 0) is 4.74 Å². The quantitative estimate of drug-likeness (QED) is 0.729. The Morgan fingerprint density at radius 1 is 1.56 bits per heavy atom. The van der Waals surface area contributed by atoms with Crippen molar-refractivity contribution in [2.75, 3.05) is 6.61 Å². The summed E-state index contributed by atoms with van der Waals surface area (Å²) >= 11 is 0. The molecule has 2 N–H and O–H groups in total. The molecule has 96 valence electrons. The van der Waals surface area contributed by atoms with Crippen LogP contribution < -0.4 is 10.4 Å². The third-order valence-corrected chi connectivity index (χ3v) is 2.81. The molecule has 2 atom stereocenters. The Morgan fingerprint density at radius 2 is 2.44 bits per heavy atom. The third kappa shape index (κ3) is 1.85. The molecule has 0 saturated carbocycles. The highest BCUT2D eigenvalue weighted by Crippen LogP contribution is 2.19. The smallest absolute Gasteiger partial charge is 0.279 e. The van der Waals surface area contributed by atoms with Gasteiger partial charge in [0, 0.05) is 6.42 Å². The summed E-state index contributed by atoms with van der Waals surface area (Å²) in [6, 6.07) is 0. The number of hydrogen-bond donors (Lipinski definition) is 2. The first kappa shape index (κ1) is 11.2. The van der Waals surface area contributed by atoms with Gasteiger partial charge in [0.15, 0.2) is 5.52 Å². The van der Waals surface area contributed by atoms with E-state index >= 15 is 0 Å². The van der Waals surface area contributed by atoms with Gasteiger partial charge in [0.1, 0.15) is 6.33 Å². The Balaban J connectivity index is 1.83. The number of aromatic amines is 1.